The minimum Gasteiger partial charge on any atom is -0.391 e. The third kappa shape index (κ3) is 4.90. The van der Waals surface area contributed by atoms with Crippen LogP contribution in [0.15, 0.2) is 0 Å². The van der Waals surface area contributed by atoms with Crippen molar-refractivity contribution in [2.75, 3.05) is 0 Å². The number of ether oxygens (including phenoxy) is 1. The van der Waals surface area contributed by atoms with Gasteiger partial charge in [-0.3, -0.25) is 0 Å². The van der Waals surface area contributed by atoms with Gasteiger partial charge in [-0.2, -0.15) is 0 Å². The maximum absolute atomic E-state index is 9.45. The van der Waals surface area contributed by atoms with Gasteiger partial charge in [0.2, 0.25) is 0 Å². The van der Waals surface area contributed by atoms with Crippen molar-refractivity contribution in [2.45, 2.75) is 64.3 Å². The molecule has 92 valence electrons. The van der Waals surface area contributed by atoms with Crippen molar-refractivity contribution in [1.82, 2.24) is 0 Å². The number of hydrogen-bond donors (Lipinski definition) is 4. The van der Waals surface area contributed by atoms with E-state index in [0.29, 0.717) is 0 Å². The van der Waals surface area contributed by atoms with E-state index >= 15 is 0 Å². The molecule has 0 aliphatic heterocycles. The van der Waals surface area contributed by atoms with Gasteiger partial charge >= 0.3 is 0 Å². The van der Waals surface area contributed by atoms with Gasteiger partial charge in [-0.15, -0.1) is 0 Å². The van der Waals surface area contributed by atoms with Gasteiger partial charge in [-0.05, 0) is 27.7 Å². The van der Waals surface area contributed by atoms with Gasteiger partial charge in [0.1, 0.15) is 12.2 Å². The van der Waals surface area contributed by atoms with E-state index in [1.807, 2.05) is 0 Å². The molecule has 0 rings (SSSR count). The molecule has 0 saturated heterocycles. The molecule has 0 heterocycles. The number of rotatable bonds is 6. The van der Waals surface area contributed by atoms with Crippen molar-refractivity contribution < 1.29 is 25.2 Å². The highest BCUT2D eigenvalue weighted by Crippen LogP contribution is 2.11. The van der Waals surface area contributed by atoms with E-state index in [-0.39, 0.29) is 0 Å². The summed E-state index contributed by atoms with van der Waals surface area (Å²) in [5, 5.41) is 37.1. The maximum Gasteiger partial charge on any atom is 0.105 e. The lowest BCUT2D eigenvalue weighted by Crippen LogP contribution is -2.42. The molecule has 0 aliphatic carbocycles. The lowest BCUT2D eigenvalue weighted by atomic mass is 10.1. The van der Waals surface area contributed by atoms with E-state index in [4.69, 9.17) is 14.9 Å². The predicted molar refractivity (Wildman–Crippen MR) is 55.4 cm³/mol. The molecule has 6 unspecified atom stereocenters. The van der Waals surface area contributed by atoms with Crippen molar-refractivity contribution in [3.8, 4) is 0 Å². The van der Waals surface area contributed by atoms with E-state index in [9.17, 15) is 10.2 Å². The first-order valence-corrected chi connectivity index (χ1v) is 5.15. The van der Waals surface area contributed by atoms with Crippen molar-refractivity contribution in [2.24, 2.45) is 0 Å². The van der Waals surface area contributed by atoms with Gasteiger partial charge in [0.25, 0.3) is 0 Å². The normalized spacial score (nSPS) is 24.0. The van der Waals surface area contributed by atoms with Crippen molar-refractivity contribution >= 4 is 0 Å². The molecule has 0 spiro atoms. The summed E-state index contributed by atoms with van der Waals surface area (Å²) in [6.07, 6.45) is -5.00. The average Bonchev–Trinajstić information content (AvgIpc) is 2.14. The van der Waals surface area contributed by atoms with E-state index in [0.717, 1.165) is 0 Å². The standard InChI is InChI=1S/C10H22O5/c1-5(11)9(13)7(3)15-8(4)10(14)6(2)12/h5-14H,1-4H3. The third-order valence-corrected chi connectivity index (χ3v) is 2.38. The van der Waals surface area contributed by atoms with Gasteiger partial charge in [-0.1, -0.05) is 0 Å². The zero-order valence-electron chi connectivity index (χ0n) is 9.66. The molecule has 0 saturated carbocycles. The Labute approximate surface area is 90.3 Å². The van der Waals surface area contributed by atoms with Crippen LogP contribution in [0.5, 0.6) is 0 Å². The predicted octanol–water partition coefficient (Wildman–Crippen LogP) is -0.737. The molecule has 5 nitrogen and oxygen atoms in total. The van der Waals surface area contributed by atoms with Crippen LogP contribution in [0.3, 0.4) is 0 Å². The highest BCUT2D eigenvalue weighted by Gasteiger charge is 2.26. The fourth-order valence-corrected chi connectivity index (χ4v) is 1.28. The highest BCUT2D eigenvalue weighted by atomic mass is 16.5. The largest absolute Gasteiger partial charge is 0.391 e. The van der Waals surface area contributed by atoms with Gasteiger partial charge in [0.05, 0.1) is 24.4 Å². The minimum atomic E-state index is -1.01. The molecule has 0 fully saturated rings. The van der Waals surface area contributed by atoms with Crippen LogP contribution < -0.4 is 0 Å². The average molecular weight is 222 g/mol. The lowest BCUT2D eigenvalue weighted by Gasteiger charge is -2.28. The number of aliphatic hydroxyl groups is 4. The second-order valence-corrected chi connectivity index (χ2v) is 4.01. The fraction of sp³-hybridized carbons (Fsp3) is 1.00. The van der Waals surface area contributed by atoms with Crippen molar-refractivity contribution in [3.63, 3.8) is 0 Å². The Balaban J connectivity index is 4.11. The zero-order valence-corrected chi connectivity index (χ0v) is 9.66. The van der Waals surface area contributed by atoms with Gasteiger partial charge < -0.3 is 25.2 Å². The number of aliphatic hydroxyl groups excluding tert-OH is 4. The Kier molecular flexibility index (Phi) is 6.31. The van der Waals surface area contributed by atoms with Crippen LogP contribution in [0.4, 0.5) is 0 Å². The molecule has 4 N–H and O–H groups in total. The molecule has 0 bridgehead atoms. The summed E-state index contributed by atoms with van der Waals surface area (Å²) >= 11 is 0. The SMILES string of the molecule is CC(O)C(O)C(C)OC(C)C(O)C(C)O. The Bertz CT molecular complexity index is 153. The van der Waals surface area contributed by atoms with Crippen molar-refractivity contribution in [3.05, 3.63) is 0 Å². The Morgan fingerprint density at radius 3 is 1.13 bits per heavy atom. The minimum absolute atomic E-state index is 0.603. The summed E-state index contributed by atoms with van der Waals surface area (Å²) in [5.41, 5.74) is 0. The molecule has 5 heteroatoms. The lowest BCUT2D eigenvalue weighted by molar-refractivity contribution is -0.142. The van der Waals surface area contributed by atoms with Crippen LogP contribution in [0.25, 0.3) is 0 Å². The van der Waals surface area contributed by atoms with Crippen LogP contribution in [-0.4, -0.2) is 57.0 Å². The summed E-state index contributed by atoms with van der Waals surface area (Å²) in [6, 6.07) is 0. The summed E-state index contributed by atoms with van der Waals surface area (Å²) in [5.74, 6) is 0. The van der Waals surface area contributed by atoms with Crippen LogP contribution in [-0.2, 0) is 4.74 Å². The third-order valence-electron chi connectivity index (χ3n) is 2.38. The first kappa shape index (κ1) is 14.8. The first-order chi connectivity index (χ1) is 6.77. The summed E-state index contributed by atoms with van der Waals surface area (Å²) in [6.45, 7) is 6.12. The van der Waals surface area contributed by atoms with E-state index < -0.39 is 36.6 Å². The van der Waals surface area contributed by atoms with E-state index in [1.54, 1.807) is 13.8 Å². The highest BCUT2D eigenvalue weighted by molar-refractivity contribution is 4.75. The molecule has 6 atom stereocenters. The van der Waals surface area contributed by atoms with Crippen LogP contribution in [0.1, 0.15) is 27.7 Å². The molecule has 0 amide bonds. The number of hydrogen-bond acceptors (Lipinski definition) is 5. The second-order valence-electron chi connectivity index (χ2n) is 4.01. The van der Waals surface area contributed by atoms with Crippen molar-refractivity contribution in [1.29, 1.82) is 0 Å². The van der Waals surface area contributed by atoms with E-state index in [1.165, 1.54) is 13.8 Å². The molecule has 0 aromatic rings. The molecule has 0 radical (unpaired) electrons. The molecule has 15 heavy (non-hydrogen) atoms. The Hall–Kier alpha value is -0.200. The molecule has 0 aliphatic rings. The second kappa shape index (κ2) is 6.40. The Morgan fingerprint density at radius 2 is 0.933 bits per heavy atom. The molecular formula is C10H22O5. The molecule has 0 aromatic carbocycles. The zero-order chi connectivity index (χ0) is 12.2. The summed E-state index contributed by atoms with van der Waals surface area (Å²) < 4.78 is 5.28. The topological polar surface area (TPSA) is 90.2 Å². The Morgan fingerprint density at radius 1 is 0.667 bits per heavy atom. The first-order valence-electron chi connectivity index (χ1n) is 5.15. The van der Waals surface area contributed by atoms with Crippen LogP contribution >= 0.6 is 0 Å². The van der Waals surface area contributed by atoms with Crippen LogP contribution in [0, 0.1) is 0 Å². The monoisotopic (exact) mass is 222 g/mol. The van der Waals surface area contributed by atoms with E-state index in [2.05, 4.69) is 0 Å². The summed E-state index contributed by atoms with van der Waals surface area (Å²) in [4.78, 5) is 0. The van der Waals surface area contributed by atoms with Crippen LogP contribution in [0.2, 0.25) is 0 Å². The van der Waals surface area contributed by atoms with Gasteiger partial charge in [0.15, 0.2) is 0 Å². The maximum atomic E-state index is 9.45. The van der Waals surface area contributed by atoms with Gasteiger partial charge in [0, 0.05) is 0 Å². The fourth-order valence-electron chi connectivity index (χ4n) is 1.28. The quantitative estimate of drug-likeness (QED) is 0.475. The molecule has 0 aromatic heterocycles. The molecular weight excluding hydrogens is 200 g/mol. The van der Waals surface area contributed by atoms with Gasteiger partial charge in [-0.25, -0.2) is 0 Å². The smallest absolute Gasteiger partial charge is 0.105 e. The summed E-state index contributed by atoms with van der Waals surface area (Å²) in [7, 11) is 0.